The van der Waals surface area contributed by atoms with Gasteiger partial charge in [-0.2, -0.15) is 0 Å². The number of benzene rings is 2. The second-order valence-corrected chi connectivity index (χ2v) is 6.35. The predicted molar refractivity (Wildman–Crippen MR) is 103 cm³/mol. The molecular formula is C21H19NO7. The summed E-state index contributed by atoms with van der Waals surface area (Å²) in [6.07, 6.45) is 0. The molecule has 2 N–H and O–H groups in total. The van der Waals surface area contributed by atoms with Crippen molar-refractivity contribution in [1.29, 1.82) is 0 Å². The van der Waals surface area contributed by atoms with Gasteiger partial charge in [0.2, 0.25) is 0 Å². The monoisotopic (exact) mass is 397 g/mol. The number of carbonyl (C=O) groups is 3. The van der Waals surface area contributed by atoms with E-state index in [1.54, 1.807) is 36.4 Å². The summed E-state index contributed by atoms with van der Waals surface area (Å²) >= 11 is 0. The van der Waals surface area contributed by atoms with Gasteiger partial charge < -0.3 is 19.7 Å². The lowest BCUT2D eigenvalue weighted by atomic mass is 9.96. The topological polar surface area (TPSA) is 113 Å². The molecule has 29 heavy (non-hydrogen) atoms. The third-order valence-corrected chi connectivity index (χ3v) is 4.47. The highest BCUT2D eigenvalue weighted by Gasteiger charge is 2.43. The Morgan fingerprint density at radius 3 is 2.38 bits per heavy atom. The van der Waals surface area contributed by atoms with Crippen LogP contribution < -0.4 is 14.4 Å². The van der Waals surface area contributed by atoms with Crippen molar-refractivity contribution in [2.75, 3.05) is 18.6 Å². The Morgan fingerprint density at radius 1 is 1.10 bits per heavy atom. The molecule has 0 saturated carbocycles. The molecule has 0 bridgehead atoms. The van der Waals surface area contributed by atoms with Gasteiger partial charge in [0.1, 0.15) is 11.5 Å². The average molecular weight is 397 g/mol. The van der Waals surface area contributed by atoms with Gasteiger partial charge in [0.15, 0.2) is 18.1 Å². The number of carbonyl (C=O) groups excluding carboxylic acids is 2. The van der Waals surface area contributed by atoms with E-state index in [9.17, 15) is 19.5 Å². The first-order valence-corrected chi connectivity index (χ1v) is 8.69. The van der Waals surface area contributed by atoms with Crippen molar-refractivity contribution in [2.24, 2.45) is 0 Å². The number of aliphatic hydroxyl groups is 1. The van der Waals surface area contributed by atoms with Gasteiger partial charge in [0.05, 0.1) is 18.7 Å². The third-order valence-electron chi connectivity index (χ3n) is 4.47. The maximum atomic E-state index is 12.8. The van der Waals surface area contributed by atoms with Crippen molar-refractivity contribution in [2.45, 2.75) is 13.0 Å². The van der Waals surface area contributed by atoms with Crippen LogP contribution in [0.4, 0.5) is 5.69 Å². The van der Waals surface area contributed by atoms with Crippen LogP contribution in [0.3, 0.4) is 0 Å². The van der Waals surface area contributed by atoms with Gasteiger partial charge in [-0.1, -0.05) is 12.1 Å². The second kappa shape index (κ2) is 8.05. The molecule has 1 aliphatic heterocycles. The van der Waals surface area contributed by atoms with Gasteiger partial charge in [-0.15, -0.1) is 0 Å². The Balaban J connectivity index is 2.02. The number of hydrogen-bond donors (Lipinski definition) is 2. The van der Waals surface area contributed by atoms with Crippen LogP contribution in [0.2, 0.25) is 0 Å². The molecule has 0 aliphatic carbocycles. The number of carboxylic acid groups (broad SMARTS) is 1. The van der Waals surface area contributed by atoms with Gasteiger partial charge in [-0.25, -0.2) is 4.79 Å². The van der Waals surface area contributed by atoms with E-state index in [1.165, 1.54) is 31.1 Å². The zero-order chi connectivity index (χ0) is 21.1. The number of ether oxygens (including phenoxy) is 2. The average Bonchev–Trinajstić information content (AvgIpc) is 2.98. The van der Waals surface area contributed by atoms with E-state index in [2.05, 4.69) is 0 Å². The Bertz CT molecular complexity index is 994. The number of aliphatic hydroxyl groups excluding tert-OH is 1. The lowest BCUT2D eigenvalue weighted by molar-refractivity contribution is -0.139. The molecule has 0 spiro atoms. The minimum absolute atomic E-state index is 0.00513. The molecule has 2 aromatic carbocycles. The van der Waals surface area contributed by atoms with Gasteiger partial charge >= 0.3 is 5.97 Å². The highest BCUT2D eigenvalue weighted by molar-refractivity contribution is 6.16. The molecule has 0 fully saturated rings. The number of aliphatic carboxylic acids is 1. The van der Waals surface area contributed by atoms with Crippen LogP contribution in [-0.4, -0.2) is 41.6 Å². The number of anilines is 1. The first-order chi connectivity index (χ1) is 13.8. The lowest BCUT2D eigenvalue weighted by Gasteiger charge is -2.27. The van der Waals surface area contributed by atoms with Crippen LogP contribution in [0, 0.1) is 0 Å². The summed E-state index contributed by atoms with van der Waals surface area (Å²) in [5, 5.41) is 19.1. The SMILES string of the molecule is COc1cccc([C@@H]2C(C(C)=O)=C(O)C(=O)N2c2ccc(OCC(=O)O)cc2)c1. The smallest absolute Gasteiger partial charge is 0.341 e. The van der Waals surface area contributed by atoms with Crippen molar-refractivity contribution < 1.29 is 34.1 Å². The van der Waals surface area contributed by atoms with Crippen LogP contribution in [0.15, 0.2) is 59.9 Å². The zero-order valence-corrected chi connectivity index (χ0v) is 15.8. The fraction of sp³-hybridized carbons (Fsp3) is 0.190. The number of hydrogen-bond acceptors (Lipinski definition) is 6. The first-order valence-electron chi connectivity index (χ1n) is 8.69. The van der Waals surface area contributed by atoms with E-state index in [1.807, 2.05) is 0 Å². The summed E-state index contributed by atoms with van der Waals surface area (Å²) in [5.74, 6) is -1.99. The lowest BCUT2D eigenvalue weighted by Crippen LogP contribution is -2.30. The van der Waals surface area contributed by atoms with E-state index < -0.39 is 36.1 Å². The highest BCUT2D eigenvalue weighted by Crippen LogP contribution is 2.41. The molecule has 0 aromatic heterocycles. The maximum Gasteiger partial charge on any atom is 0.341 e. The summed E-state index contributed by atoms with van der Waals surface area (Å²) in [5.41, 5.74) is 1.00. The molecule has 8 heteroatoms. The number of methoxy groups -OCH3 is 1. The minimum Gasteiger partial charge on any atom is -0.503 e. The molecule has 1 aliphatic rings. The van der Waals surface area contributed by atoms with Gasteiger partial charge in [-0.05, 0) is 48.9 Å². The van der Waals surface area contributed by atoms with Crippen LogP contribution in [0.1, 0.15) is 18.5 Å². The van der Waals surface area contributed by atoms with Crippen LogP contribution in [0.25, 0.3) is 0 Å². The summed E-state index contributed by atoms with van der Waals surface area (Å²) in [6.45, 7) is 0.795. The second-order valence-electron chi connectivity index (χ2n) is 6.35. The zero-order valence-electron chi connectivity index (χ0n) is 15.8. The van der Waals surface area contributed by atoms with Crippen LogP contribution in [-0.2, 0) is 14.4 Å². The molecule has 150 valence electrons. The highest BCUT2D eigenvalue weighted by atomic mass is 16.5. The molecule has 0 saturated heterocycles. The summed E-state index contributed by atoms with van der Waals surface area (Å²) in [7, 11) is 1.51. The molecule has 1 amide bonds. The van der Waals surface area contributed by atoms with E-state index in [-0.39, 0.29) is 5.57 Å². The Labute approximate surface area is 166 Å². The number of carboxylic acids is 1. The van der Waals surface area contributed by atoms with Gasteiger partial charge in [0, 0.05) is 5.69 Å². The Kier molecular flexibility index (Phi) is 5.54. The fourth-order valence-corrected chi connectivity index (χ4v) is 3.21. The first kappa shape index (κ1) is 19.9. The number of rotatable bonds is 7. The summed E-state index contributed by atoms with van der Waals surface area (Å²) in [6, 6.07) is 12.2. The Morgan fingerprint density at radius 2 is 1.79 bits per heavy atom. The number of ketones is 1. The van der Waals surface area contributed by atoms with Crippen LogP contribution in [0.5, 0.6) is 11.5 Å². The number of amides is 1. The summed E-state index contributed by atoms with van der Waals surface area (Å²) in [4.78, 5) is 36.9. The van der Waals surface area contributed by atoms with Crippen molar-refractivity contribution in [3.8, 4) is 11.5 Å². The van der Waals surface area contributed by atoms with E-state index in [0.29, 0.717) is 22.7 Å². The number of nitrogens with zero attached hydrogens (tertiary/aromatic N) is 1. The van der Waals surface area contributed by atoms with Gasteiger partial charge in [-0.3, -0.25) is 14.5 Å². The normalized spacial score (nSPS) is 16.1. The molecule has 0 radical (unpaired) electrons. The van der Waals surface area contributed by atoms with E-state index >= 15 is 0 Å². The fourth-order valence-electron chi connectivity index (χ4n) is 3.21. The molecule has 1 atom stereocenters. The van der Waals surface area contributed by atoms with E-state index in [0.717, 1.165) is 0 Å². The molecular weight excluding hydrogens is 378 g/mol. The Hall–Kier alpha value is -3.81. The molecule has 2 aromatic rings. The van der Waals surface area contributed by atoms with Crippen molar-refractivity contribution in [3.63, 3.8) is 0 Å². The van der Waals surface area contributed by atoms with Gasteiger partial charge in [0.25, 0.3) is 5.91 Å². The van der Waals surface area contributed by atoms with Crippen molar-refractivity contribution in [1.82, 2.24) is 0 Å². The standard InChI is InChI=1S/C21H19NO7/c1-12(23)18-19(13-4-3-5-16(10-13)28-2)22(21(27)20(18)26)14-6-8-15(9-7-14)29-11-17(24)25/h3-10,19,26H,11H2,1-2H3,(H,24,25)/t19-/m1/s1. The largest absolute Gasteiger partial charge is 0.503 e. The van der Waals surface area contributed by atoms with Crippen LogP contribution >= 0.6 is 0 Å². The molecule has 3 rings (SSSR count). The molecule has 8 nitrogen and oxygen atoms in total. The van der Waals surface area contributed by atoms with E-state index in [4.69, 9.17) is 14.6 Å². The molecule has 0 unspecified atom stereocenters. The summed E-state index contributed by atoms with van der Waals surface area (Å²) < 4.78 is 10.3. The van der Waals surface area contributed by atoms with Crippen molar-refractivity contribution in [3.05, 3.63) is 65.4 Å². The number of Topliss-reactive ketones (excluding diaryl/α,β-unsaturated/α-hetero) is 1. The third kappa shape index (κ3) is 3.91. The minimum atomic E-state index is -1.11. The van der Waals surface area contributed by atoms with Crippen molar-refractivity contribution >= 4 is 23.3 Å². The maximum absolute atomic E-state index is 12.8. The quantitative estimate of drug-likeness (QED) is 0.738. The molecule has 1 heterocycles. The predicted octanol–water partition coefficient (Wildman–Crippen LogP) is 2.65.